The van der Waals surface area contributed by atoms with Gasteiger partial charge in [-0.15, -0.1) is 0 Å². The molecule has 0 unspecified atom stereocenters. The topological polar surface area (TPSA) is 55.8 Å². The van der Waals surface area contributed by atoms with E-state index in [-0.39, 0.29) is 5.56 Å². The van der Waals surface area contributed by atoms with E-state index in [0.717, 1.165) is 5.56 Å². The number of rotatable bonds is 1. The minimum absolute atomic E-state index is 0.208. The molecule has 1 aromatic carbocycles. The monoisotopic (exact) mass is 166 g/mol. The fourth-order valence-corrected chi connectivity index (χ4v) is 1.04. The summed E-state index contributed by atoms with van der Waals surface area (Å²) in [7, 11) is 0. The van der Waals surface area contributed by atoms with E-state index in [1.54, 1.807) is 6.07 Å². The lowest BCUT2D eigenvalue weighted by molar-refractivity contribution is -0.194. The van der Waals surface area contributed by atoms with Crippen LogP contribution in [-0.2, 0) is 11.5 Å². The van der Waals surface area contributed by atoms with E-state index >= 15 is 0 Å². The van der Waals surface area contributed by atoms with Gasteiger partial charge in [-0.2, -0.15) is 4.89 Å². The summed E-state index contributed by atoms with van der Waals surface area (Å²) in [6.07, 6.45) is 0. The van der Waals surface area contributed by atoms with Gasteiger partial charge in [0.15, 0.2) is 5.75 Å². The van der Waals surface area contributed by atoms with Crippen molar-refractivity contribution in [3.63, 3.8) is 0 Å². The largest absolute Gasteiger partial charge is 0.478 e. The van der Waals surface area contributed by atoms with Crippen molar-refractivity contribution < 1.29 is 19.7 Å². The third kappa shape index (κ3) is 1.02. The van der Waals surface area contributed by atoms with E-state index in [9.17, 15) is 4.79 Å². The van der Waals surface area contributed by atoms with Gasteiger partial charge in [-0.25, -0.2) is 4.79 Å². The summed E-state index contributed by atoms with van der Waals surface area (Å²) in [5, 5.41) is 8.62. The molecule has 0 amide bonds. The summed E-state index contributed by atoms with van der Waals surface area (Å²) in [5.41, 5.74) is 1.08. The number of hydrogen-bond donors (Lipinski definition) is 1. The maximum atomic E-state index is 10.5. The average Bonchev–Trinajstić information content (AvgIpc) is 2.49. The van der Waals surface area contributed by atoms with Crippen molar-refractivity contribution in [3.8, 4) is 5.75 Å². The molecule has 2 rings (SSSR count). The number of hydrogen-bond acceptors (Lipinski definition) is 3. The Labute approximate surface area is 68.3 Å². The Morgan fingerprint density at radius 1 is 1.50 bits per heavy atom. The van der Waals surface area contributed by atoms with Gasteiger partial charge >= 0.3 is 5.97 Å². The lowest BCUT2D eigenvalue weighted by Crippen LogP contribution is -1.95. The molecule has 0 saturated carbocycles. The van der Waals surface area contributed by atoms with Crippen LogP contribution in [0.25, 0.3) is 0 Å². The molecule has 1 aromatic rings. The fraction of sp³-hybridized carbons (Fsp3) is 0.125. The molecular formula is C8H6O4. The Hall–Kier alpha value is -1.55. The van der Waals surface area contributed by atoms with Gasteiger partial charge in [-0.1, -0.05) is 6.07 Å². The molecule has 0 radical (unpaired) electrons. The van der Waals surface area contributed by atoms with Gasteiger partial charge in [0.05, 0.1) is 5.56 Å². The summed E-state index contributed by atoms with van der Waals surface area (Å²) >= 11 is 0. The second-order valence-electron chi connectivity index (χ2n) is 2.47. The third-order valence-corrected chi connectivity index (χ3v) is 1.68. The first-order valence-corrected chi connectivity index (χ1v) is 3.43. The van der Waals surface area contributed by atoms with Crippen LogP contribution >= 0.6 is 0 Å². The van der Waals surface area contributed by atoms with Gasteiger partial charge in [0.1, 0.15) is 6.61 Å². The molecule has 4 heteroatoms. The van der Waals surface area contributed by atoms with Crippen LogP contribution in [0.2, 0.25) is 0 Å². The minimum Gasteiger partial charge on any atom is -0.478 e. The van der Waals surface area contributed by atoms with Crippen molar-refractivity contribution in [2.45, 2.75) is 6.61 Å². The van der Waals surface area contributed by atoms with Crippen LogP contribution in [0, 0.1) is 0 Å². The highest BCUT2D eigenvalue weighted by atomic mass is 17.2. The van der Waals surface area contributed by atoms with Gasteiger partial charge in [-0.05, 0) is 12.1 Å². The van der Waals surface area contributed by atoms with Crippen molar-refractivity contribution in [2.75, 3.05) is 0 Å². The minimum atomic E-state index is -0.965. The number of carbonyl (C=O) groups is 1. The van der Waals surface area contributed by atoms with Crippen molar-refractivity contribution in [2.24, 2.45) is 0 Å². The van der Waals surface area contributed by atoms with Gasteiger partial charge in [-0.3, -0.25) is 0 Å². The zero-order valence-corrected chi connectivity index (χ0v) is 6.11. The molecule has 1 aliphatic heterocycles. The van der Waals surface area contributed by atoms with Crippen LogP contribution < -0.4 is 4.89 Å². The van der Waals surface area contributed by atoms with E-state index in [2.05, 4.69) is 4.89 Å². The average molecular weight is 166 g/mol. The number of benzene rings is 1. The van der Waals surface area contributed by atoms with E-state index in [0.29, 0.717) is 12.4 Å². The molecule has 1 aliphatic rings. The van der Waals surface area contributed by atoms with Crippen molar-refractivity contribution in [3.05, 3.63) is 29.3 Å². The summed E-state index contributed by atoms with van der Waals surface area (Å²) in [6.45, 7) is 0.384. The molecular weight excluding hydrogens is 160 g/mol. The van der Waals surface area contributed by atoms with Gasteiger partial charge in [0, 0.05) is 5.56 Å². The molecule has 12 heavy (non-hydrogen) atoms. The van der Waals surface area contributed by atoms with E-state index < -0.39 is 5.97 Å². The Bertz CT molecular complexity index is 332. The zero-order chi connectivity index (χ0) is 8.55. The maximum Gasteiger partial charge on any atom is 0.335 e. The van der Waals surface area contributed by atoms with E-state index in [1.807, 2.05) is 0 Å². The van der Waals surface area contributed by atoms with Crippen LogP contribution in [-0.4, -0.2) is 11.1 Å². The summed E-state index contributed by atoms with van der Waals surface area (Å²) in [4.78, 5) is 19.9. The Morgan fingerprint density at radius 2 is 2.33 bits per heavy atom. The van der Waals surface area contributed by atoms with Crippen LogP contribution in [0.15, 0.2) is 18.2 Å². The number of carboxylic acids is 1. The van der Waals surface area contributed by atoms with E-state index in [4.69, 9.17) is 9.99 Å². The quantitative estimate of drug-likeness (QED) is 0.637. The van der Waals surface area contributed by atoms with Gasteiger partial charge in [0.2, 0.25) is 0 Å². The summed E-state index contributed by atoms with van der Waals surface area (Å²) < 4.78 is 0. The third-order valence-electron chi connectivity index (χ3n) is 1.68. The lowest BCUT2D eigenvalue weighted by atomic mass is 10.1. The molecule has 4 nitrogen and oxygen atoms in total. The number of carboxylic acid groups (broad SMARTS) is 1. The number of fused-ring (bicyclic) bond motifs is 1. The molecule has 0 aliphatic carbocycles. The first-order chi connectivity index (χ1) is 5.77. The van der Waals surface area contributed by atoms with Gasteiger partial charge < -0.3 is 9.99 Å². The Morgan fingerprint density at radius 3 is 3.08 bits per heavy atom. The molecule has 0 saturated heterocycles. The first kappa shape index (κ1) is 7.12. The molecule has 0 aromatic heterocycles. The second kappa shape index (κ2) is 2.49. The fourth-order valence-electron chi connectivity index (χ4n) is 1.04. The summed E-state index contributed by atoms with van der Waals surface area (Å²) in [5.74, 6) is -0.469. The van der Waals surface area contributed by atoms with Crippen LogP contribution in [0.5, 0.6) is 5.75 Å². The lowest BCUT2D eigenvalue weighted by Gasteiger charge is -1.96. The van der Waals surface area contributed by atoms with Crippen molar-refractivity contribution in [1.29, 1.82) is 0 Å². The predicted molar refractivity (Wildman–Crippen MR) is 38.8 cm³/mol. The standard InChI is InChI=1S/C8H6O4/c9-8(10)5-1-2-6-4-11-12-7(6)3-5/h1-3H,4H2,(H,9,10). The number of aromatic carboxylic acids is 1. The van der Waals surface area contributed by atoms with Crippen molar-refractivity contribution in [1.82, 2.24) is 0 Å². The highest BCUT2D eigenvalue weighted by molar-refractivity contribution is 5.88. The first-order valence-electron chi connectivity index (χ1n) is 3.43. The van der Waals surface area contributed by atoms with E-state index in [1.165, 1.54) is 12.1 Å². The highest BCUT2D eigenvalue weighted by Crippen LogP contribution is 2.26. The molecule has 0 fully saturated rings. The summed E-state index contributed by atoms with van der Waals surface area (Å²) in [6, 6.07) is 4.66. The maximum absolute atomic E-state index is 10.5. The van der Waals surface area contributed by atoms with Gasteiger partial charge in [0.25, 0.3) is 0 Å². The smallest absolute Gasteiger partial charge is 0.335 e. The van der Waals surface area contributed by atoms with Crippen LogP contribution in [0.3, 0.4) is 0 Å². The molecule has 62 valence electrons. The molecule has 1 N–H and O–H groups in total. The normalized spacial score (nSPS) is 13.7. The zero-order valence-electron chi connectivity index (χ0n) is 6.11. The predicted octanol–water partition coefficient (Wildman–Crippen LogP) is 1.21. The van der Waals surface area contributed by atoms with Crippen LogP contribution in [0.1, 0.15) is 15.9 Å². The van der Waals surface area contributed by atoms with Crippen LogP contribution in [0.4, 0.5) is 0 Å². The molecule has 0 spiro atoms. The Balaban J connectivity index is 2.45. The molecule has 1 heterocycles. The molecule has 0 bridgehead atoms. The molecule has 0 atom stereocenters. The highest BCUT2D eigenvalue weighted by Gasteiger charge is 2.15. The second-order valence-corrected chi connectivity index (χ2v) is 2.47. The SMILES string of the molecule is O=C(O)c1ccc2c(c1)OOC2. The van der Waals surface area contributed by atoms with Crippen molar-refractivity contribution >= 4 is 5.97 Å². The Kier molecular flexibility index (Phi) is 1.48.